The van der Waals surface area contributed by atoms with Gasteiger partial charge < -0.3 is 5.32 Å². The van der Waals surface area contributed by atoms with E-state index in [2.05, 4.69) is 26.2 Å². The average molecular weight is 386 g/mol. The highest BCUT2D eigenvalue weighted by atomic mass is 79.9. The molecule has 0 atom stereocenters. The van der Waals surface area contributed by atoms with E-state index >= 15 is 0 Å². The van der Waals surface area contributed by atoms with E-state index in [0.717, 1.165) is 12.1 Å². The lowest BCUT2D eigenvalue weighted by Gasteiger charge is -2.11. The van der Waals surface area contributed by atoms with Crippen molar-refractivity contribution >= 4 is 50.6 Å². The van der Waals surface area contributed by atoms with E-state index in [1.165, 1.54) is 0 Å². The molecule has 0 saturated carbocycles. The summed E-state index contributed by atoms with van der Waals surface area (Å²) in [5.74, 6) is -0.0109. The monoisotopic (exact) mass is 384 g/mol. The minimum absolute atomic E-state index is 0.0109. The van der Waals surface area contributed by atoms with E-state index in [9.17, 15) is 13.2 Å². The summed E-state index contributed by atoms with van der Waals surface area (Å²) in [4.78, 5) is 3.79. The third-order valence-electron chi connectivity index (χ3n) is 2.31. The average Bonchev–Trinajstić information content (AvgIpc) is 2.32. The van der Waals surface area contributed by atoms with Crippen molar-refractivity contribution in [3.8, 4) is 0 Å². The number of hydrogen-bond acceptors (Lipinski definition) is 2. The van der Waals surface area contributed by atoms with Crippen LogP contribution in [0.15, 0.2) is 34.8 Å². The molecule has 0 unspecified atom stereocenters. The van der Waals surface area contributed by atoms with Crippen LogP contribution in [0.5, 0.6) is 0 Å². The second-order valence-corrected chi connectivity index (χ2v) is 5.46. The first-order chi connectivity index (χ1) is 9.25. The highest BCUT2D eigenvalue weighted by molar-refractivity contribution is 9.10. The van der Waals surface area contributed by atoms with E-state index in [1.807, 2.05) is 0 Å². The fourth-order valence-electron chi connectivity index (χ4n) is 1.45. The molecule has 2 aromatic rings. The van der Waals surface area contributed by atoms with E-state index in [1.54, 1.807) is 18.2 Å². The van der Waals surface area contributed by atoms with E-state index in [-0.39, 0.29) is 11.0 Å². The largest absolute Gasteiger partial charge is 0.416 e. The normalized spacial score (nSPS) is 11.5. The quantitative estimate of drug-likeness (QED) is 0.649. The van der Waals surface area contributed by atoms with Crippen molar-refractivity contribution in [2.45, 2.75) is 6.18 Å². The molecule has 20 heavy (non-hydrogen) atoms. The van der Waals surface area contributed by atoms with Crippen LogP contribution in [0.4, 0.5) is 24.7 Å². The fraction of sp³-hybridized carbons (Fsp3) is 0.0833. The van der Waals surface area contributed by atoms with E-state index in [4.69, 9.17) is 23.2 Å². The Morgan fingerprint density at radius 1 is 1.10 bits per heavy atom. The topological polar surface area (TPSA) is 24.9 Å². The number of hydrogen-bond donors (Lipinski definition) is 1. The zero-order chi connectivity index (χ0) is 14.9. The van der Waals surface area contributed by atoms with Crippen molar-refractivity contribution in [2.24, 2.45) is 0 Å². The van der Waals surface area contributed by atoms with E-state index < -0.39 is 11.7 Å². The molecule has 1 aromatic carbocycles. The standard InChI is InChI=1S/C12H6BrCl2F3N2/c13-8-2-1-7(5-9(8)14)19-11-4-6(12(16,17)18)3-10(15)20-11/h1-5H,(H,19,20). The van der Waals surface area contributed by atoms with E-state index in [0.29, 0.717) is 15.2 Å². The lowest BCUT2D eigenvalue weighted by atomic mass is 10.2. The van der Waals surface area contributed by atoms with Crippen LogP contribution >= 0.6 is 39.1 Å². The molecule has 0 radical (unpaired) electrons. The number of halogens is 6. The number of nitrogens with zero attached hydrogens (tertiary/aromatic N) is 1. The van der Waals surface area contributed by atoms with Crippen LogP contribution in [-0.4, -0.2) is 4.98 Å². The summed E-state index contributed by atoms with van der Waals surface area (Å²) in [6.45, 7) is 0. The zero-order valence-electron chi connectivity index (χ0n) is 9.60. The number of alkyl halides is 3. The van der Waals surface area contributed by atoms with Gasteiger partial charge in [0.15, 0.2) is 0 Å². The van der Waals surface area contributed by atoms with Gasteiger partial charge in [-0.25, -0.2) is 4.98 Å². The number of aromatic nitrogens is 1. The highest BCUT2D eigenvalue weighted by Gasteiger charge is 2.31. The van der Waals surface area contributed by atoms with Crippen molar-refractivity contribution in [3.63, 3.8) is 0 Å². The van der Waals surface area contributed by atoms with Crippen LogP contribution in [0, 0.1) is 0 Å². The molecule has 2 rings (SSSR count). The van der Waals surface area contributed by atoms with Crippen LogP contribution in [0.3, 0.4) is 0 Å². The summed E-state index contributed by atoms with van der Waals surface area (Å²) in [5, 5.41) is 2.90. The Morgan fingerprint density at radius 3 is 2.40 bits per heavy atom. The fourth-order valence-corrected chi connectivity index (χ4v) is 2.08. The molecule has 0 aliphatic rings. The molecular weight excluding hydrogens is 380 g/mol. The van der Waals surface area contributed by atoms with Crippen LogP contribution in [-0.2, 0) is 6.18 Å². The Morgan fingerprint density at radius 2 is 1.80 bits per heavy atom. The first-order valence-corrected chi connectivity index (χ1v) is 6.77. The van der Waals surface area contributed by atoms with Crippen molar-refractivity contribution in [1.82, 2.24) is 4.98 Å². The second kappa shape index (κ2) is 5.79. The number of nitrogens with one attached hydrogen (secondary N) is 1. The predicted octanol–water partition coefficient (Wildman–Crippen LogP) is 5.91. The molecule has 0 spiro atoms. The summed E-state index contributed by atoms with van der Waals surface area (Å²) in [5.41, 5.74) is -0.371. The third-order valence-corrected chi connectivity index (χ3v) is 3.74. The minimum atomic E-state index is -4.49. The van der Waals surface area contributed by atoms with Gasteiger partial charge in [0.1, 0.15) is 11.0 Å². The summed E-state index contributed by atoms with van der Waals surface area (Å²) >= 11 is 14.7. The van der Waals surface area contributed by atoms with Gasteiger partial charge in [-0.1, -0.05) is 23.2 Å². The Kier molecular flexibility index (Phi) is 4.46. The Labute approximate surface area is 131 Å². The summed E-state index contributed by atoms with van der Waals surface area (Å²) in [6, 6.07) is 6.51. The number of anilines is 2. The molecular formula is C12H6BrCl2F3N2. The Bertz CT molecular complexity index is 647. The van der Waals surface area contributed by atoms with Gasteiger partial charge in [0.05, 0.1) is 10.6 Å². The molecule has 0 saturated heterocycles. The maximum Gasteiger partial charge on any atom is 0.416 e. The van der Waals surface area contributed by atoms with Gasteiger partial charge >= 0.3 is 6.18 Å². The minimum Gasteiger partial charge on any atom is -0.340 e. The van der Waals surface area contributed by atoms with Crippen molar-refractivity contribution in [2.75, 3.05) is 5.32 Å². The molecule has 1 N–H and O–H groups in total. The molecule has 0 fully saturated rings. The van der Waals surface area contributed by atoms with Crippen molar-refractivity contribution in [1.29, 1.82) is 0 Å². The van der Waals surface area contributed by atoms with Crippen LogP contribution in [0.25, 0.3) is 0 Å². The number of pyridine rings is 1. The molecule has 8 heteroatoms. The van der Waals surface area contributed by atoms with Crippen LogP contribution < -0.4 is 5.32 Å². The molecule has 0 aliphatic carbocycles. The van der Waals surface area contributed by atoms with Gasteiger partial charge in [0.25, 0.3) is 0 Å². The summed E-state index contributed by atoms with van der Waals surface area (Å²) < 4.78 is 38.7. The molecule has 0 amide bonds. The summed E-state index contributed by atoms with van der Waals surface area (Å²) in [7, 11) is 0. The molecule has 0 bridgehead atoms. The third kappa shape index (κ3) is 3.77. The lowest BCUT2D eigenvalue weighted by molar-refractivity contribution is -0.137. The number of benzene rings is 1. The predicted molar refractivity (Wildman–Crippen MR) is 76.7 cm³/mol. The highest BCUT2D eigenvalue weighted by Crippen LogP contribution is 2.33. The van der Waals surface area contributed by atoms with Crippen LogP contribution in [0.2, 0.25) is 10.2 Å². The van der Waals surface area contributed by atoms with Crippen molar-refractivity contribution in [3.05, 3.63) is 50.5 Å². The first kappa shape index (κ1) is 15.4. The molecule has 1 aromatic heterocycles. The van der Waals surface area contributed by atoms with Gasteiger partial charge in [0, 0.05) is 10.2 Å². The molecule has 1 heterocycles. The maximum absolute atomic E-state index is 12.7. The van der Waals surface area contributed by atoms with Gasteiger partial charge in [-0.3, -0.25) is 0 Å². The van der Waals surface area contributed by atoms with Gasteiger partial charge in [-0.15, -0.1) is 0 Å². The smallest absolute Gasteiger partial charge is 0.340 e. The first-order valence-electron chi connectivity index (χ1n) is 5.22. The van der Waals surface area contributed by atoms with Crippen molar-refractivity contribution < 1.29 is 13.2 Å². The lowest BCUT2D eigenvalue weighted by Crippen LogP contribution is -2.06. The Balaban J connectivity index is 2.33. The molecule has 0 aliphatic heterocycles. The van der Waals surface area contributed by atoms with Gasteiger partial charge in [0.2, 0.25) is 0 Å². The Hall–Kier alpha value is -0.980. The number of rotatable bonds is 2. The second-order valence-electron chi connectivity index (χ2n) is 3.82. The molecule has 2 nitrogen and oxygen atoms in total. The van der Waals surface area contributed by atoms with Crippen LogP contribution in [0.1, 0.15) is 5.56 Å². The summed E-state index contributed by atoms with van der Waals surface area (Å²) in [6.07, 6.45) is -4.49. The zero-order valence-corrected chi connectivity index (χ0v) is 12.7. The van der Waals surface area contributed by atoms with Gasteiger partial charge in [-0.2, -0.15) is 13.2 Å². The molecule has 106 valence electrons. The SMILES string of the molecule is FC(F)(F)c1cc(Cl)nc(Nc2ccc(Br)c(Cl)c2)c1. The van der Waals surface area contributed by atoms with Gasteiger partial charge in [-0.05, 0) is 46.3 Å². The maximum atomic E-state index is 12.7.